The number of amides is 1. The number of hydrogen-bond acceptors (Lipinski definition) is 3. The first-order valence-electron chi connectivity index (χ1n) is 7.00. The van der Waals surface area contributed by atoms with Crippen molar-refractivity contribution in [3.05, 3.63) is 29.8 Å². The second-order valence-corrected chi connectivity index (χ2v) is 6.02. The Morgan fingerprint density at radius 2 is 2.21 bits per heavy atom. The van der Waals surface area contributed by atoms with Gasteiger partial charge in [-0.25, -0.2) is 0 Å². The van der Waals surface area contributed by atoms with E-state index >= 15 is 0 Å². The molecule has 0 aromatic heterocycles. The van der Waals surface area contributed by atoms with Gasteiger partial charge < -0.3 is 10.6 Å². The molecule has 1 aliphatic heterocycles. The van der Waals surface area contributed by atoms with Crippen molar-refractivity contribution >= 4 is 23.4 Å². The molecule has 0 radical (unpaired) electrons. The Hall–Kier alpha value is -1.00. The lowest BCUT2D eigenvalue weighted by Crippen LogP contribution is -2.46. The van der Waals surface area contributed by atoms with Crippen molar-refractivity contribution in [2.24, 2.45) is 0 Å². The minimum absolute atomic E-state index is 0.0569. The molecular formula is C15H22N2OS. The summed E-state index contributed by atoms with van der Waals surface area (Å²) >= 11 is 1.83. The lowest BCUT2D eigenvalue weighted by Gasteiger charge is -2.22. The monoisotopic (exact) mass is 278 g/mol. The van der Waals surface area contributed by atoms with Gasteiger partial charge >= 0.3 is 0 Å². The van der Waals surface area contributed by atoms with Crippen molar-refractivity contribution < 1.29 is 4.79 Å². The van der Waals surface area contributed by atoms with E-state index in [0.29, 0.717) is 0 Å². The summed E-state index contributed by atoms with van der Waals surface area (Å²) in [7, 11) is 0. The Labute approximate surface area is 119 Å². The van der Waals surface area contributed by atoms with Gasteiger partial charge in [-0.05, 0) is 30.5 Å². The molecule has 1 fully saturated rings. The summed E-state index contributed by atoms with van der Waals surface area (Å²) in [4.78, 5) is 12.0. The maximum Gasteiger partial charge on any atom is 0.242 e. The summed E-state index contributed by atoms with van der Waals surface area (Å²) in [6.07, 6.45) is 3.55. The largest absolute Gasteiger partial charge is 0.325 e. The van der Waals surface area contributed by atoms with Crippen LogP contribution in [0.1, 0.15) is 25.3 Å². The van der Waals surface area contributed by atoms with E-state index in [0.717, 1.165) is 30.2 Å². The number of rotatable bonds is 5. The molecule has 1 heterocycles. The smallest absolute Gasteiger partial charge is 0.242 e. The third-order valence-electron chi connectivity index (χ3n) is 3.28. The molecule has 2 rings (SSSR count). The van der Waals surface area contributed by atoms with Gasteiger partial charge in [0.25, 0.3) is 0 Å². The molecule has 3 nitrogen and oxygen atoms in total. The molecule has 0 spiro atoms. The van der Waals surface area contributed by atoms with Crippen LogP contribution in [-0.4, -0.2) is 30.0 Å². The Balaban J connectivity index is 1.86. The van der Waals surface area contributed by atoms with E-state index in [2.05, 4.69) is 29.7 Å². The standard InChI is InChI=1S/C15H22N2OS/c1-2-3-4-12-5-7-13(8-6-12)17-15(18)14-11-19-10-9-16-14/h5-8,14,16H,2-4,9-11H2,1H3,(H,17,18). The van der Waals surface area contributed by atoms with E-state index in [9.17, 15) is 4.79 Å². The van der Waals surface area contributed by atoms with Crippen molar-refractivity contribution in [1.29, 1.82) is 0 Å². The van der Waals surface area contributed by atoms with E-state index < -0.39 is 0 Å². The number of aryl methyl sites for hydroxylation is 1. The van der Waals surface area contributed by atoms with Gasteiger partial charge in [-0.1, -0.05) is 25.5 Å². The van der Waals surface area contributed by atoms with Gasteiger partial charge in [0.2, 0.25) is 5.91 Å². The van der Waals surface area contributed by atoms with E-state index in [4.69, 9.17) is 0 Å². The fourth-order valence-corrected chi connectivity index (χ4v) is 3.03. The van der Waals surface area contributed by atoms with E-state index in [-0.39, 0.29) is 11.9 Å². The third kappa shape index (κ3) is 4.55. The molecular weight excluding hydrogens is 256 g/mol. The molecule has 4 heteroatoms. The van der Waals surface area contributed by atoms with Crippen molar-refractivity contribution in [2.75, 3.05) is 23.4 Å². The summed E-state index contributed by atoms with van der Waals surface area (Å²) in [5.74, 6) is 2.03. The van der Waals surface area contributed by atoms with Crippen molar-refractivity contribution in [1.82, 2.24) is 5.32 Å². The van der Waals surface area contributed by atoms with Crippen LogP contribution >= 0.6 is 11.8 Å². The minimum atomic E-state index is -0.0569. The van der Waals surface area contributed by atoms with Gasteiger partial charge in [-0.2, -0.15) is 11.8 Å². The van der Waals surface area contributed by atoms with Gasteiger partial charge in [0.1, 0.15) is 0 Å². The van der Waals surface area contributed by atoms with Crippen LogP contribution in [0, 0.1) is 0 Å². The van der Waals surface area contributed by atoms with Crippen LogP contribution in [0.25, 0.3) is 0 Å². The predicted molar refractivity (Wildman–Crippen MR) is 82.8 cm³/mol. The van der Waals surface area contributed by atoms with Gasteiger partial charge in [-0.15, -0.1) is 0 Å². The van der Waals surface area contributed by atoms with Crippen LogP contribution in [0.4, 0.5) is 5.69 Å². The van der Waals surface area contributed by atoms with Crippen LogP contribution in [0.3, 0.4) is 0 Å². The first kappa shape index (κ1) is 14.4. The van der Waals surface area contributed by atoms with E-state index in [1.807, 2.05) is 23.9 Å². The molecule has 0 bridgehead atoms. The highest BCUT2D eigenvalue weighted by molar-refractivity contribution is 7.99. The van der Waals surface area contributed by atoms with Crippen LogP contribution < -0.4 is 10.6 Å². The summed E-state index contributed by atoms with van der Waals surface area (Å²) in [6, 6.07) is 8.15. The molecule has 1 atom stereocenters. The highest BCUT2D eigenvalue weighted by Crippen LogP contribution is 2.14. The molecule has 1 aliphatic rings. The molecule has 104 valence electrons. The predicted octanol–water partition coefficient (Wildman–Crippen LogP) is 2.67. The van der Waals surface area contributed by atoms with Crippen LogP contribution in [-0.2, 0) is 11.2 Å². The van der Waals surface area contributed by atoms with Crippen molar-refractivity contribution in [3.8, 4) is 0 Å². The number of unbranched alkanes of at least 4 members (excludes halogenated alkanes) is 1. The fraction of sp³-hybridized carbons (Fsp3) is 0.533. The molecule has 1 saturated heterocycles. The Morgan fingerprint density at radius 3 is 2.84 bits per heavy atom. The molecule has 0 saturated carbocycles. The Morgan fingerprint density at radius 1 is 1.42 bits per heavy atom. The molecule has 1 aromatic rings. The quantitative estimate of drug-likeness (QED) is 0.870. The molecule has 1 amide bonds. The zero-order chi connectivity index (χ0) is 13.5. The molecule has 1 unspecified atom stereocenters. The van der Waals surface area contributed by atoms with Gasteiger partial charge in [-0.3, -0.25) is 4.79 Å². The van der Waals surface area contributed by atoms with Crippen molar-refractivity contribution in [2.45, 2.75) is 32.2 Å². The molecule has 1 aromatic carbocycles. The Kier molecular flexibility index (Phi) is 5.73. The van der Waals surface area contributed by atoms with E-state index in [1.54, 1.807) is 0 Å². The number of anilines is 1. The second-order valence-electron chi connectivity index (χ2n) is 4.87. The van der Waals surface area contributed by atoms with Crippen LogP contribution in [0.2, 0.25) is 0 Å². The highest BCUT2D eigenvalue weighted by Gasteiger charge is 2.20. The average Bonchev–Trinajstić information content (AvgIpc) is 2.47. The molecule has 19 heavy (non-hydrogen) atoms. The lowest BCUT2D eigenvalue weighted by atomic mass is 10.1. The molecule has 0 aliphatic carbocycles. The number of benzene rings is 1. The van der Waals surface area contributed by atoms with Gasteiger partial charge in [0, 0.05) is 23.7 Å². The van der Waals surface area contributed by atoms with Crippen LogP contribution in [0.5, 0.6) is 0 Å². The summed E-state index contributed by atoms with van der Waals surface area (Å²) < 4.78 is 0. The second kappa shape index (κ2) is 7.56. The van der Waals surface area contributed by atoms with Gasteiger partial charge in [0.05, 0.1) is 6.04 Å². The Bertz CT molecular complexity index is 399. The van der Waals surface area contributed by atoms with E-state index in [1.165, 1.54) is 18.4 Å². The average molecular weight is 278 g/mol. The SMILES string of the molecule is CCCCc1ccc(NC(=O)C2CSCCN2)cc1. The number of hydrogen-bond donors (Lipinski definition) is 2. The third-order valence-corrected chi connectivity index (χ3v) is 4.34. The fourth-order valence-electron chi connectivity index (χ4n) is 2.10. The zero-order valence-electron chi connectivity index (χ0n) is 11.4. The lowest BCUT2D eigenvalue weighted by molar-refractivity contribution is -0.117. The minimum Gasteiger partial charge on any atom is -0.325 e. The first-order chi connectivity index (χ1) is 9.29. The normalized spacial score (nSPS) is 19.1. The maximum absolute atomic E-state index is 12.0. The molecule has 2 N–H and O–H groups in total. The van der Waals surface area contributed by atoms with Crippen LogP contribution in [0.15, 0.2) is 24.3 Å². The number of nitrogens with one attached hydrogen (secondary N) is 2. The van der Waals surface area contributed by atoms with Gasteiger partial charge in [0.15, 0.2) is 0 Å². The topological polar surface area (TPSA) is 41.1 Å². The number of thioether (sulfide) groups is 1. The summed E-state index contributed by atoms with van der Waals surface area (Å²) in [6.45, 7) is 3.11. The summed E-state index contributed by atoms with van der Waals surface area (Å²) in [5.41, 5.74) is 2.23. The zero-order valence-corrected chi connectivity index (χ0v) is 12.3. The highest BCUT2D eigenvalue weighted by atomic mass is 32.2. The maximum atomic E-state index is 12.0. The van der Waals surface area contributed by atoms with Crippen molar-refractivity contribution in [3.63, 3.8) is 0 Å². The first-order valence-corrected chi connectivity index (χ1v) is 8.16. The number of carbonyl (C=O) groups is 1. The summed E-state index contributed by atoms with van der Waals surface area (Å²) in [5, 5.41) is 6.23. The number of carbonyl (C=O) groups excluding carboxylic acids is 1.